The Labute approximate surface area is 99.2 Å². The number of aromatic amines is 1. The monoisotopic (exact) mass is 254 g/mol. The Morgan fingerprint density at radius 2 is 2.00 bits per heavy atom. The van der Waals surface area contributed by atoms with Gasteiger partial charge in [0.2, 0.25) is 5.82 Å². The first kappa shape index (κ1) is 12.0. The molecule has 0 saturated carbocycles. The highest BCUT2D eigenvalue weighted by molar-refractivity contribution is 6.01. The van der Waals surface area contributed by atoms with Gasteiger partial charge in [-0.2, -0.15) is 0 Å². The Balaban J connectivity index is 2.29. The van der Waals surface area contributed by atoms with E-state index in [1.807, 2.05) is 5.32 Å². The van der Waals surface area contributed by atoms with Gasteiger partial charge in [-0.3, -0.25) is 9.78 Å². The van der Waals surface area contributed by atoms with Gasteiger partial charge in [-0.15, -0.1) is 5.10 Å². The highest BCUT2D eigenvalue weighted by atomic mass is 19.1. The smallest absolute Gasteiger partial charge is 0.314 e. The Kier molecular flexibility index (Phi) is 2.92. The molecule has 2 aromatic rings. The second-order valence-electron chi connectivity index (χ2n) is 3.45. The number of nitrogens with one attached hydrogen (secondary N) is 2. The standard InChI is InChI=1S/C10H8F2N4O2/c1-16-10(18)14-8(15-16)9(17)13-7-5(11)3-2-4-6(7)12/h2-4H,1H3,(H,13,17)(H,14,15,18). The lowest BCUT2D eigenvalue weighted by molar-refractivity contribution is 0.101. The van der Waals surface area contributed by atoms with E-state index in [2.05, 4.69) is 10.1 Å². The third-order valence-corrected chi connectivity index (χ3v) is 2.19. The van der Waals surface area contributed by atoms with E-state index in [1.165, 1.54) is 13.1 Å². The molecule has 0 saturated heterocycles. The van der Waals surface area contributed by atoms with Crippen LogP contribution >= 0.6 is 0 Å². The van der Waals surface area contributed by atoms with E-state index in [0.717, 1.165) is 16.8 Å². The van der Waals surface area contributed by atoms with Crippen LogP contribution in [0.2, 0.25) is 0 Å². The Hall–Kier alpha value is -2.51. The number of aryl methyl sites for hydroxylation is 1. The number of anilines is 1. The zero-order chi connectivity index (χ0) is 13.3. The van der Waals surface area contributed by atoms with Crippen molar-refractivity contribution in [1.82, 2.24) is 14.8 Å². The molecule has 0 aliphatic carbocycles. The lowest BCUT2D eigenvalue weighted by Crippen LogP contribution is -2.16. The molecular formula is C10H8F2N4O2. The quantitative estimate of drug-likeness (QED) is 0.825. The lowest BCUT2D eigenvalue weighted by atomic mass is 10.3. The number of amides is 1. The molecule has 0 spiro atoms. The number of aromatic nitrogens is 3. The maximum absolute atomic E-state index is 13.3. The van der Waals surface area contributed by atoms with Crippen LogP contribution in [0.4, 0.5) is 14.5 Å². The zero-order valence-corrected chi connectivity index (χ0v) is 9.20. The molecule has 2 N–H and O–H groups in total. The maximum Gasteiger partial charge on any atom is 0.343 e. The molecule has 0 radical (unpaired) electrons. The molecule has 2 rings (SSSR count). The summed E-state index contributed by atoms with van der Waals surface area (Å²) in [5, 5.41) is 5.56. The normalized spacial score (nSPS) is 10.4. The number of H-pyrrole nitrogens is 1. The number of carbonyl (C=O) groups excluding carboxylic acids is 1. The average Bonchev–Trinajstić information content (AvgIpc) is 2.64. The number of halogens is 2. The predicted molar refractivity (Wildman–Crippen MR) is 58.1 cm³/mol. The van der Waals surface area contributed by atoms with Crippen molar-refractivity contribution in [2.75, 3.05) is 5.32 Å². The largest absolute Gasteiger partial charge is 0.343 e. The number of hydrogen-bond acceptors (Lipinski definition) is 3. The summed E-state index contributed by atoms with van der Waals surface area (Å²) in [5.41, 5.74) is -1.19. The van der Waals surface area contributed by atoms with Crippen LogP contribution in [-0.2, 0) is 7.05 Å². The number of nitrogens with zero attached hydrogens (tertiary/aromatic N) is 2. The van der Waals surface area contributed by atoms with E-state index in [9.17, 15) is 18.4 Å². The van der Waals surface area contributed by atoms with Crippen LogP contribution in [0, 0.1) is 11.6 Å². The summed E-state index contributed by atoms with van der Waals surface area (Å²) in [7, 11) is 1.33. The fourth-order valence-corrected chi connectivity index (χ4v) is 1.29. The molecule has 0 unspecified atom stereocenters. The van der Waals surface area contributed by atoms with E-state index >= 15 is 0 Å². The average molecular weight is 254 g/mol. The van der Waals surface area contributed by atoms with Gasteiger partial charge in [-0.05, 0) is 12.1 Å². The molecule has 1 heterocycles. The van der Waals surface area contributed by atoms with Crippen molar-refractivity contribution in [2.45, 2.75) is 0 Å². The molecule has 1 amide bonds. The van der Waals surface area contributed by atoms with Crippen LogP contribution in [-0.4, -0.2) is 20.7 Å². The molecule has 18 heavy (non-hydrogen) atoms. The first-order valence-electron chi connectivity index (χ1n) is 4.87. The fraction of sp³-hybridized carbons (Fsp3) is 0.100. The van der Waals surface area contributed by atoms with Gasteiger partial charge >= 0.3 is 5.69 Å². The lowest BCUT2D eigenvalue weighted by Gasteiger charge is -2.05. The van der Waals surface area contributed by atoms with Gasteiger partial charge in [0.1, 0.15) is 17.3 Å². The number of benzene rings is 1. The van der Waals surface area contributed by atoms with E-state index in [-0.39, 0.29) is 5.82 Å². The van der Waals surface area contributed by atoms with Crippen LogP contribution in [0.25, 0.3) is 0 Å². The minimum Gasteiger partial charge on any atom is -0.314 e. The summed E-state index contributed by atoms with van der Waals surface area (Å²) in [6.07, 6.45) is 0. The molecule has 1 aromatic carbocycles. The van der Waals surface area contributed by atoms with Crippen molar-refractivity contribution < 1.29 is 13.6 Å². The predicted octanol–water partition coefficient (Wildman–Crippen LogP) is 0.639. The summed E-state index contributed by atoms with van der Waals surface area (Å²) in [4.78, 5) is 24.8. The van der Waals surface area contributed by atoms with Crippen molar-refractivity contribution >= 4 is 11.6 Å². The van der Waals surface area contributed by atoms with Crippen molar-refractivity contribution in [3.8, 4) is 0 Å². The summed E-state index contributed by atoms with van der Waals surface area (Å²) < 4.78 is 27.4. The second kappa shape index (κ2) is 4.40. The first-order valence-corrected chi connectivity index (χ1v) is 4.87. The van der Waals surface area contributed by atoms with Crippen molar-refractivity contribution in [2.24, 2.45) is 7.05 Å². The highest BCUT2D eigenvalue weighted by Crippen LogP contribution is 2.18. The third-order valence-electron chi connectivity index (χ3n) is 2.19. The van der Waals surface area contributed by atoms with Crippen LogP contribution in [0.15, 0.2) is 23.0 Å². The van der Waals surface area contributed by atoms with Gasteiger partial charge in [0, 0.05) is 7.05 Å². The number of rotatable bonds is 2. The summed E-state index contributed by atoms with van der Waals surface area (Å²) in [6, 6.07) is 3.17. The van der Waals surface area contributed by atoms with Crippen molar-refractivity contribution in [3.05, 3.63) is 46.1 Å². The van der Waals surface area contributed by atoms with E-state index in [4.69, 9.17) is 0 Å². The van der Waals surface area contributed by atoms with Gasteiger partial charge in [0.05, 0.1) is 0 Å². The zero-order valence-electron chi connectivity index (χ0n) is 9.20. The van der Waals surface area contributed by atoms with Gasteiger partial charge in [0.15, 0.2) is 0 Å². The molecule has 1 aromatic heterocycles. The van der Waals surface area contributed by atoms with Crippen molar-refractivity contribution in [1.29, 1.82) is 0 Å². The summed E-state index contributed by atoms with van der Waals surface area (Å²) in [5.74, 6) is -3.06. The van der Waals surface area contributed by atoms with Gasteiger partial charge in [-0.25, -0.2) is 18.3 Å². The molecular weight excluding hydrogens is 246 g/mol. The van der Waals surface area contributed by atoms with E-state index < -0.39 is 28.9 Å². The Morgan fingerprint density at radius 1 is 1.39 bits per heavy atom. The molecule has 0 aliphatic heterocycles. The molecule has 94 valence electrons. The molecule has 0 bridgehead atoms. The Morgan fingerprint density at radius 3 is 2.50 bits per heavy atom. The molecule has 0 fully saturated rings. The van der Waals surface area contributed by atoms with Crippen molar-refractivity contribution in [3.63, 3.8) is 0 Å². The van der Waals surface area contributed by atoms with Crippen LogP contribution < -0.4 is 11.0 Å². The number of carbonyl (C=O) groups is 1. The van der Waals surface area contributed by atoms with Crippen LogP contribution in [0.3, 0.4) is 0 Å². The van der Waals surface area contributed by atoms with E-state index in [0.29, 0.717) is 0 Å². The van der Waals surface area contributed by atoms with Crippen LogP contribution in [0.1, 0.15) is 10.6 Å². The Bertz CT molecular complexity index is 642. The molecule has 8 heteroatoms. The molecule has 6 nitrogen and oxygen atoms in total. The first-order chi connectivity index (χ1) is 8.49. The number of para-hydroxylation sites is 1. The maximum atomic E-state index is 13.3. The van der Waals surface area contributed by atoms with Gasteiger partial charge < -0.3 is 5.32 Å². The number of hydrogen-bond donors (Lipinski definition) is 2. The SMILES string of the molecule is Cn1nc(C(=O)Nc2c(F)cccc2F)[nH]c1=O. The second-order valence-corrected chi connectivity index (χ2v) is 3.45. The highest BCUT2D eigenvalue weighted by Gasteiger charge is 2.16. The third kappa shape index (κ3) is 2.12. The minimum absolute atomic E-state index is 0.329. The van der Waals surface area contributed by atoms with Gasteiger partial charge in [0.25, 0.3) is 5.91 Å². The van der Waals surface area contributed by atoms with Crippen LogP contribution in [0.5, 0.6) is 0 Å². The summed E-state index contributed by atoms with van der Waals surface area (Å²) >= 11 is 0. The minimum atomic E-state index is -0.915. The van der Waals surface area contributed by atoms with Gasteiger partial charge in [-0.1, -0.05) is 6.07 Å². The van der Waals surface area contributed by atoms with E-state index in [1.54, 1.807) is 0 Å². The molecule has 0 aliphatic rings. The topological polar surface area (TPSA) is 79.8 Å². The molecule has 0 atom stereocenters. The fourth-order valence-electron chi connectivity index (χ4n) is 1.29. The summed E-state index contributed by atoms with van der Waals surface area (Å²) in [6.45, 7) is 0.